The molecule has 0 fully saturated rings. The van der Waals surface area contributed by atoms with Crippen molar-refractivity contribution in [2.75, 3.05) is 45.3 Å². The van der Waals surface area contributed by atoms with E-state index in [2.05, 4.69) is 10.6 Å². The van der Waals surface area contributed by atoms with E-state index in [1.165, 1.54) is 18.1 Å². The second-order valence-electron chi connectivity index (χ2n) is 7.28. The summed E-state index contributed by atoms with van der Waals surface area (Å²) in [6, 6.07) is 2.65. The third kappa shape index (κ3) is 6.90. The van der Waals surface area contributed by atoms with Crippen LogP contribution >= 0.6 is 0 Å². The van der Waals surface area contributed by atoms with Crippen molar-refractivity contribution in [1.82, 2.24) is 10.2 Å². The lowest BCUT2D eigenvalue weighted by Gasteiger charge is -2.23. The number of carbonyl (C=O) groups is 2. The molecule has 0 aliphatic carbocycles. The highest BCUT2D eigenvalue weighted by Gasteiger charge is 2.22. The maximum absolute atomic E-state index is 12.1. The van der Waals surface area contributed by atoms with E-state index in [1.807, 2.05) is 20.8 Å². The molecule has 0 atom stereocenters. The molecule has 9 heteroatoms. The number of hydrogen-bond donors (Lipinski definition) is 5. The molecular weight excluding hydrogens is 366 g/mol. The highest BCUT2D eigenvalue weighted by atomic mass is 16.5. The number of aliphatic hydroxyl groups is 2. The lowest BCUT2D eigenvalue weighted by atomic mass is 9.86. The molecule has 0 spiro atoms. The van der Waals surface area contributed by atoms with Crippen LogP contribution in [0.15, 0.2) is 12.1 Å². The molecule has 9 nitrogen and oxygen atoms in total. The van der Waals surface area contributed by atoms with Crippen LogP contribution in [0.4, 0.5) is 10.5 Å². The third-order valence-corrected chi connectivity index (χ3v) is 4.09. The number of anilines is 1. The number of aliphatic hydroxyl groups excluding tert-OH is 2. The van der Waals surface area contributed by atoms with Crippen LogP contribution in [0.2, 0.25) is 0 Å². The van der Waals surface area contributed by atoms with Gasteiger partial charge in [-0.15, -0.1) is 0 Å². The number of ether oxygens (including phenoxy) is 1. The topological polar surface area (TPSA) is 131 Å². The smallest absolute Gasteiger partial charge is 0.319 e. The van der Waals surface area contributed by atoms with Gasteiger partial charge in [-0.2, -0.15) is 0 Å². The van der Waals surface area contributed by atoms with Crippen LogP contribution in [0.1, 0.15) is 32.8 Å². The van der Waals surface area contributed by atoms with E-state index in [-0.39, 0.29) is 62.0 Å². The summed E-state index contributed by atoms with van der Waals surface area (Å²) in [6.07, 6.45) is 0.0186. The molecular formula is C19H31N3O6. The molecule has 0 bridgehead atoms. The fourth-order valence-corrected chi connectivity index (χ4v) is 2.60. The van der Waals surface area contributed by atoms with Gasteiger partial charge < -0.3 is 35.6 Å². The Hall–Kier alpha value is -2.52. The van der Waals surface area contributed by atoms with Crippen molar-refractivity contribution in [1.29, 1.82) is 0 Å². The Labute approximate surface area is 165 Å². The minimum Gasteiger partial charge on any atom is -0.505 e. The van der Waals surface area contributed by atoms with Crippen LogP contribution in [-0.4, -0.2) is 72.1 Å². The molecule has 0 aliphatic rings. The molecule has 0 unspecified atom stereocenters. The molecule has 1 aromatic carbocycles. The summed E-state index contributed by atoms with van der Waals surface area (Å²) < 4.78 is 5.24. The van der Waals surface area contributed by atoms with Crippen molar-refractivity contribution in [2.24, 2.45) is 0 Å². The summed E-state index contributed by atoms with van der Waals surface area (Å²) in [5, 5.41) is 33.5. The van der Waals surface area contributed by atoms with E-state index < -0.39 is 6.03 Å². The van der Waals surface area contributed by atoms with Gasteiger partial charge in [0.05, 0.1) is 26.0 Å². The highest BCUT2D eigenvalue weighted by Crippen LogP contribution is 2.39. The molecule has 28 heavy (non-hydrogen) atoms. The number of urea groups is 1. The normalized spacial score (nSPS) is 11.1. The van der Waals surface area contributed by atoms with Crippen LogP contribution in [0.25, 0.3) is 0 Å². The highest BCUT2D eigenvalue weighted by molar-refractivity contribution is 5.92. The summed E-state index contributed by atoms with van der Waals surface area (Å²) >= 11 is 0. The second kappa shape index (κ2) is 10.7. The molecule has 0 saturated carbocycles. The molecule has 5 N–H and O–H groups in total. The number of amides is 3. The Morgan fingerprint density at radius 2 is 1.75 bits per heavy atom. The summed E-state index contributed by atoms with van der Waals surface area (Å²) in [4.78, 5) is 25.5. The lowest BCUT2D eigenvalue weighted by Crippen LogP contribution is -2.38. The first-order chi connectivity index (χ1) is 13.1. The predicted molar refractivity (Wildman–Crippen MR) is 106 cm³/mol. The predicted octanol–water partition coefficient (Wildman–Crippen LogP) is 1.02. The molecule has 0 saturated heterocycles. The summed E-state index contributed by atoms with van der Waals surface area (Å²) in [5.74, 6) is 0.163. The molecule has 0 aliphatic heterocycles. The van der Waals surface area contributed by atoms with Gasteiger partial charge in [0, 0.05) is 37.7 Å². The SMILES string of the molecule is COc1cc(NC(=O)NCCC(=O)N(CCO)CCO)c(O)c(C(C)(C)C)c1. The molecule has 0 aromatic heterocycles. The first kappa shape index (κ1) is 23.5. The number of rotatable bonds is 9. The van der Waals surface area contributed by atoms with Gasteiger partial charge in [0.25, 0.3) is 0 Å². The van der Waals surface area contributed by atoms with Gasteiger partial charge in [-0.3, -0.25) is 4.79 Å². The van der Waals surface area contributed by atoms with E-state index in [0.717, 1.165) is 0 Å². The zero-order valence-electron chi connectivity index (χ0n) is 16.9. The molecule has 1 rings (SSSR count). The van der Waals surface area contributed by atoms with Gasteiger partial charge in [-0.1, -0.05) is 20.8 Å². The summed E-state index contributed by atoms with van der Waals surface area (Å²) in [7, 11) is 1.50. The van der Waals surface area contributed by atoms with Crippen LogP contribution in [-0.2, 0) is 10.2 Å². The second-order valence-corrected chi connectivity index (χ2v) is 7.28. The average molecular weight is 397 g/mol. The Bertz CT molecular complexity index is 666. The van der Waals surface area contributed by atoms with E-state index in [1.54, 1.807) is 6.07 Å². The van der Waals surface area contributed by atoms with E-state index in [0.29, 0.717) is 11.3 Å². The number of nitrogens with zero attached hydrogens (tertiary/aromatic N) is 1. The van der Waals surface area contributed by atoms with Crippen LogP contribution in [0.3, 0.4) is 0 Å². The fourth-order valence-electron chi connectivity index (χ4n) is 2.60. The number of carbonyl (C=O) groups excluding carboxylic acids is 2. The summed E-state index contributed by atoms with van der Waals surface area (Å²) in [6.45, 7) is 5.70. The Kier molecular flexibility index (Phi) is 9.01. The molecule has 158 valence electrons. The van der Waals surface area contributed by atoms with Gasteiger partial charge >= 0.3 is 6.03 Å². The molecule has 0 radical (unpaired) electrons. The van der Waals surface area contributed by atoms with Crippen LogP contribution < -0.4 is 15.4 Å². The van der Waals surface area contributed by atoms with Crippen LogP contribution in [0.5, 0.6) is 11.5 Å². The zero-order chi connectivity index (χ0) is 21.3. The van der Waals surface area contributed by atoms with E-state index in [9.17, 15) is 14.7 Å². The Morgan fingerprint density at radius 3 is 2.25 bits per heavy atom. The standard InChI is InChI=1S/C19H31N3O6/c1-19(2,3)14-11-13(28-4)12-15(17(14)26)21-18(27)20-6-5-16(25)22(7-9-23)8-10-24/h11-12,23-24,26H,5-10H2,1-4H3,(H2,20,21,27). The van der Waals surface area contributed by atoms with Crippen LogP contribution in [0, 0.1) is 0 Å². The van der Waals surface area contributed by atoms with E-state index >= 15 is 0 Å². The van der Waals surface area contributed by atoms with Gasteiger partial charge in [0.2, 0.25) is 5.91 Å². The number of methoxy groups -OCH3 is 1. The number of aromatic hydroxyl groups is 1. The minimum atomic E-state index is -0.577. The quantitative estimate of drug-likeness (QED) is 0.396. The summed E-state index contributed by atoms with van der Waals surface area (Å²) in [5.41, 5.74) is 0.470. The van der Waals surface area contributed by atoms with Crippen molar-refractivity contribution in [3.05, 3.63) is 17.7 Å². The van der Waals surface area contributed by atoms with Crippen molar-refractivity contribution in [3.8, 4) is 11.5 Å². The van der Waals surface area contributed by atoms with Crippen molar-refractivity contribution < 1.29 is 29.6 Å². The van der Waals surface area contributed by atoms with Crippen molar-refractivity contribution in [3.63, 3.8) is 0 Å². The van der Waals surface area contributed by atoms with Crippen molar-refractivity contribution >= 4 is 17.6 Å². The molecule has 3 amide bonds. The largest absolute Gasteiger partial charge is 0.505 e. The maximum atomic E-state index is 12.1. The number of phenolic OH excluding ortho intramolecular Hbond substituents is 1. The Morgan fingerprint density at radius 1 is 1.14 bits per heavy atom. The van der Waals surface area contributed by atoms with Gasteiger partial charge in [0.15, 0.2) is 0 Å². The maximum Gasteiger partial charge on any atom is 0.319 e. The fraction of sp³-hybridized carbons (Fsp3) is 0.579. The molecule has 1 aromatic rings. The van der Waals surface area contributed by atoms with Gasteiger partial charge in [0.1, 0.15) is 11.5 Å². The number of hydrogen-bond acceptors (Lipinski definition) is 6. The van der Waals surface area contributed by atoms with Gasteiger partial charge in [-0.25, -0.2) is 4.79 Å². The first-order valence-corrected chi connectivity index (χ1v) is 9.09. The minimum absolute atomic E-state index is 0.0186. The third-order valence-electron chi connectivity index (χ3n) is 4.09. The zero-order valence-corrected chi connectivity index (χ0v) is 16.9. The van der Waals surface area contributed by atoms with E-state index in [4.69, 9.17) is 14.9 Å². The van der Waals surface area contributed by atoms with Gasteiger partial charge in [-0.05, 0) is 11.5 Å². The average Bonchev–Trinajstić information content (AvgIpc) is 2.62. The monoisotopic (exact) mass is 397 g/mol. The Balaban J connectivity index is 2.72. The lowest BCUT2D eigenvalue weighted by molar-refractivity contribution is -0.132. The number of benzene rings is 1. The first-order valence-electron chi connectivity index (χ1n) is 9.09. The van der Waals surface area contributed by atoms with Crippen molar-refractivity contribution in [2.45, 2.75) is 32.6 Å². The number of nitrogens with one attached hydrogen (secondary N) is 2. The number of phenols is 1. The molecule has 0 heterocycles.